The molecule has 0 aliphatic carbocycles. The van der Waals surface area contributed by atoms with Crippen molar-refractivity contribution in [1.82, 2.24) is 15.6 Å². The summed E-state index contributed by atoms with van der Waals surface area (Å²) in [6, 6.07) is 3.99. The number of aromatic nitrogens is 1. The van der Waals surface area contributed by atoms with E-state index < -0.39 is 172 Å². The topological polar surface area (TPSA) is 451 Å². The van der Waals surface area contributed by atoms with E-state index in [9.17, 15) is 85.6 Å². The van der Waals surface area contributed by atoms with Crippen molar-refractivity contribution < 1.29 is 128 Å². The Balaban J connectivity index is 1.39. The van der Waals surface area contributed by atoms with Crippen molar-refractivity contribution in [3.8, 4) is 5.75 Å². The fraction of sp³-hybridized carbons (Fsp3) is 0.735. The van der Waals surface area contributed by atoms with Crippen molar-refractivity contribution in [2.75, 3.05) is 33.5 Å². The molecule has 440 valence electrons. The summed E-state index contributed by atoms with van der Waals surface area (Å²) in [4.78, 5) is 55.8. The Labute approximate surface area is 446 Å². The number of ether oxygens (including phenoxy) is 9. The highest BCUT2D eigenvalue weighted by molar-refractivity contribution is 5.96. The van der Waals surface area contributed by atoms with E-state index in [-0.39, 0.29) is 36.0 Å². The normalized spacial score (nSPS) is 36.1. The molecule has 21 atom stereocenters. The summed E-state index contributed by atoms with van der Waals surface area (Å²) in [6.45, 7) is -0.864. The molecule has 1 aromatic carbocycles. The minimum Gasteiger partial charge on any atom is -0.506 e. The monoisotopic (exact) mass is 1120 g/mol. The van der Waals surface area contributed by atoms with Gasteiger partial charge in [0.25, 0.3) is 11.7 Å². The molecule has 15 unspecified atom stereocenters. The summed E-state index contributed by atoms with van der Waals surface area (Å²) in [5, 5.41) is 147. The van der Waals surface area contributed by atoms with Crippen LogP contribution in [0.3, 0.4) is 0 Å². The number of carboxylic acids is 1. The number of phenolic OH excluding ortho intramolecular Hbond substituents is 1. The number of fused-ring (bicyclic) bond motifs is 1. The number of methoxy groups -OCH3 is 1. The Morgan fingerprint density at radius 2 is 1.41 bits per heavy atom. The van der Waals surface area contributed by atoms with Crippen LogP contribution in [-0.2, 0) is 57.0 Å². The summed E-state index contributed by atoms with van der Waals surface area (Å²) in [7, 11) is 1.30. The number of carbonyl (C=O) groups is 4. The zero-order valence-electron chi connectivity index (χ0n) is 43.0. The molecule has 0 bridgehead atoms. The number of para-hydroxylation sites is 1. The predicted octanol–water partition coefficient (Wildman–Crippen LogP) is -4.75. The standard InChI is InChI=1S/C49H73N3O26/c1-21-34(61)37(64)38(65)46(72-21)75-40-29(20-55)74-45(71-16-9-7-5-4-6-8-13-30(60)70-3)33(52-44(67)24-15-14-23-11-10-12-25(57)31(23)51-24)42(40)76-47-39(66)43(36(63)28(19-54)73-47)78-49(48(68)69)17-26(58)32(50-22(2)56)41(77-49)35(62)27(59)18-53/h10-12,14-15,21,26-29,32-43,45-47,53-55,57-59,61-66H,4-9,13,16-20H2,1-3H3,(H,50,56)(H,52,67)(H,68,69)/t21?,26?,27?,28?,29?,32-,33?,34-,35?,36+,37?,38?,39?,40-,41?,42?,43?,45-,46?,47?,49+/m1/s1. The van der Waals surface area contributed by atoms with E-state index in [4.69, 9.17) is 37.9 Å². The van der Waals surface area contributed by atoms with Gasteiger partial charge in [0, 0.05) is 31.8 Å². The Hall–Kier alpha value is -4.45. The number of aliphatic hydroxyl groups excluding tert-OH is 11. The third-order valence-electron chi connectivity index (χ3n) is 14.1. The van der Waals surface area contributed by atoms with Crippen LogP contribution < -0.4 is 10.6 Å². The maximum absolute atomic E-state index is 14.5. The van der Waals surface area contributed by atoms with Gasteiger partial charge in [-0.2, -0.15) is 0 Å². The van der Waals surface area contributed by atoms with Gasteiger partial charge in [-0.15, -0.1) is 0 Å². The van der Waals surface area contributed by atoms with Crippen LogP contribution in [0, 0.1) is 0 Å². The van der Waals surface area contributed by atoms with Gasteiger partial charge in [0.2, 0.25) is 5.91 Å². The molecular formula is C49H73N3O26. The van der Waals surface area contributed by atoms with Crippen LogP contribution in [0.1, 0.15) is 75.7 Å². The summed E-state index contributed by atoms with van der Waals surface area (Å²) in [6.07, 6.45) is -31.8. The molecule has 15 N–H and O–H groups in total. The van der Waals surface area contributed by atoms with E-state index in [1.807, 2.05) is 0 Å². The molecule has 2 amide bonds. The molecule has 29 nitrogen and oxygen atoms in total. The molecule has 78 heavy (non-hydrogen) atoms. The van der Waals surface area contributed by atoms with Crippen LogP contribution >= 0.6 is 0 Å². The molecule has 4 saturated heterocycles. The third kappa shape index (κ3) is 14.7. The molecular weight excluding hydrogens is 1050 g/mol. The number of aliphatic carboxylic acids is 1. The van der Waals surface area contributed by atoms with Gasteiger partial charge >= 0.3 is 11.9 Å². The lowest BCUT2D eigenvalue weighted by molar-refractivity contribution is -0.390. The van der Waals surface area contributed by atoms with Crippen LogP contribution in [0.4, 0.5) is 0 Å². The quantitative estimate of drug-likeness (QED) is 0.0328. The van der Waals surface area contributed by atoms with E-state index >= 15 is 0 Å². The first-order chi connectivity index (χ1) is 37.1. The largest absolute Gasteiger partial charge is 0.506 e. The van der Waals surface area contributed by atoms with Gasteiger partial charge in [-0.25, -0.2) is 9.78 Å². The molecule has 0 radical (unpaired) electrons. The van der Waals surface area contributed by atoms with E-state index in [2.05, 4.69) is 20.4 Å². The number of esters is 1. The Morgan fingerprint density at radius 1 is 0.756 bits per heavy atom. The van der Waals surface area contributed by atoms with Gasteiger partial charge in [-0.05, 0) is 31.9 Å². The maximum atomic E-state index is 14.5. The molecule has 1 aromatic heterocycles. The number of nitrogens with one attached hydrogen (secondary N) is 2. The molecule has 4 aliphatic heterocycles. The minimum atomic E-state index is -3.19. The van der Waals surface area contributed by atoms with Gasteiger partial charge < -0.3 is 120 Å². The number of hydrogen-bond donors (Lipinski definition) is 15. The van der Waals surface area contributed by atoms with Crippen LogP contribution in [0.25, 0.3) is 10.9 Å². The second kappa shape index (κ2) is 28.3. The average molecular weight is 1120 g/mol. The van der Waals surface area contributed by atoms with E-state index in [1.54, 1.807) is 12.1 Å². The number of aliphatic hydroxyl groups is 11. The van der Waals surface area contributed by atoms with Gasteiger partial charge in [0.1, 0.15) is 102 Å². The minimum absolute atomic E-state index is 0.0267. The van der Waals surface area contributed by atoms with Gasteiger partial charge in [0.05, 0.1) is 45.2 Å². The number of rotatable bonds is 25. The van der Waals surface area contributed by atoms with Crippen molar-refractivity contribution in [3.05, 3.63) is 36.0 Å². The SMILES string of the molecule is COC(=O)CCCCCCCCO[C@@H]1OC(CO)[C@@H](OC2OC(C)[C@@H](O)C(O)C2O)C(OC2OC(CO)[C@H](O)C(O[C@]3(C(=O)O)CC(O)[C@@H](NC(C)=O)C(C(O)C(O)CO)O3)C2O)C1NC(=O)c1ccc2cccc(O)c2n1. The van der Waals surface area contributed by atoms with Crippen molar-refractivity contribution in [1.29, 1.82) is 0 Å². The summed E-state index contributed by atoms with van der Waals surface area (Å²) in [5.41, 5.74) is -0.263. The van der Waals surface area contributed by atoms with Crippen molar-refractivity contribution in [2.24, 2.45) is 0 Å². The van der Waals surface area contributed by atoms with Gasteiger partial charge in [0.15, 0.2) is 18.9 Å². The van der Waals surface area contributed by atoms with Crippen LogP contribution in [0.15, 0.2) is 30.3 Å². The molecule has 6 rings (SSSR count). The van der Waals surface area contributed by atoms with E-state index in [0.717, 1.165) is 19.8 Å². The molecule has 2 aromatic rings. The first kappa shape index (κ1) is 62.7. The van der Waals surface area contributed by atoms with Crippen molar-refractivity contribution in [3.63, 3.8) is 0 Å². The maximum Gasteiger partial charge on any atom is 0.364 e. The highest BCUT2D eigenvalue weighted by Crippen LogP contribution is 2.39. The molecule has 29 heteroatoms. The number of benzene rings is 1. The number of phenols is 1. The Bertz CT molecular complexity index is 2290. The molecule has 4 fully saturated rings. The van der Waals surface area contributed by atoms with Crippen LogP contribution in [0.2, 0.25) is 0 Å². The number of aromatic hydroxyl groups is 1. The fourth-order valence-corrected chi connectivity index (χ4v) is 9.74. The first-order valence-electron chi connectivity index (χ1n) is 25.6. The third-order valence-corrected chi connectivity index (χ3v) is 14.1. The number of amides is 2. The number of unbranched alkanes of at least 4 members (excludes halogenated alkanes) is 5. The highest BCUT2D eigenvalue weighted by atomic mass is 16.8. The van der Waals surface area contributed by atoms with Crippen LogP contribution in [0.5, 0.6) is 5.75 Å². The van der Waals surface area contributed by atoms with Crippen molar-refractivity contribution >= 4 is 34.7 Å². The predicted molar refractivity (Wildman–Crippen MR) is 258 cm³/mol. The Morgan fingerprint density at radius 3 is 2.06 bits per heavy atom. The molecule has 4 aliphatic rings. The smallest absolute Gasteiger partial charge is 0.364 e. The van der Waals surface area contributed by atoms with Crippen molar-refractivity contribution in [2.45, 2.75) is 194 Å². The fourth-order valence-electron chi connectivity index (χ4n) is 9.74. The van der Waals surface area contributed by atoms with Gasteiger partial charge in [-0.1, -0.05) is 43.9 Å². The molecule has 5 heterocycles. The lowest BCUT2D eigenvalue weighted by Crippen LogP contribution is -2.71. The lowest BCUT2D eigenvalue weighted by Gasteiger charge is -2.51. The van der Waals surface area contributed by atoms with Crippen LogP contribution in [-0.4, -0.2) is 257 Å². The average Bonchev–Trinajstić information content (AvgIpc) is 3.60. The number of pyridine rings is 1. The second-order valence-corrected chi connectivity index (χ2v) is 19.6. The first-order valence-corrected chi connectivity index (χ1v) is 25.6. The zero-order valence-corrected chi connectivity index (χ0v) is 43.0. The lowest BCUT2D eigenvalue weighted by atomic mass is 9.88. The molecule has 0 spiro atoms. The summed E-state index contributed by atoms with van der Waals surface area (Å²) >= 11 is 0. The second-order valence-electron chi connectivity index (χ2n) is 19.6. The molecule has 0 saturated carbocycles. The van der Waals surface area contributed by atoms with E-state index in [1.165, 1.54) is 32.2 Å². The van der Waals surface area contributed by atoms with E-state index in [0.29, 0.717) is 31.1 Å². The summed E-state index contributed by atoms with van der Waals surface area (Å²) in [5.74, 6) is -7.61. The number of carboxylic acid groups (broad SMARTS) is 1. The summed E-state index contributed by atoms with van der Waals surface area (Å²) < 4.78 is 53.2. The van der Waals surface area contributed by atoms with Gasteiger partial charge in [-0.3, -0.25) is 14.4 Å². The Kier molecular flexibility index (Phi) is 22.8. The zero-order chi connectivity index (χ0) is 57.2. The number of hydrogen-bond acceptors (Lipinski definition) is 26. The number of nitrogens with zero attached hydrogens (tertiary/aromatic N) is 1. The number of carbonyl (C=O) groups excluding carboxylic acids is 3. The highest BCUT2D eigenvalue weighted by Gasteiger charge is 2.61.